The van der Waals surface area contributed by atoms with Crippen LogP contribution in [0.3, 0.4) is 0 Å². The molecule has 2 aromatic rings. The third kappa shape index (κ3) is 4.17. The molecule has 7 heteroatoms. The predicted octanol–water partition coefficient (Wildman–Crippen LogP) is 4.15. The first-order chi connectivity index (χ1) is 14.8. The molecule has 0 aromatic heterocycles. The molecule has 0 N–H and O–H groups in total. The first-order valence-electron chi connectivity index (χ1n) is 10.3. The molecule has 31 heavy (non-hydrogen) atoms. The summed E-state index contributed by atoms with van der Waals surface area (Å²) in [6.07, 6.45) is 2.18. The molecule has 7 nitrogen and oxygen atoms in total. The second-order valence-corrected chi connectivity index (χ2v) is 8.28. The van der Waals surface area contributed by atoms with Crippen molar-refractivity contribution in [2.45, 2.75) is 38.9 Å². The predicted molar refractivity (Wildman–Crippen MR) is 112 cm³/mol. The number of hydrogen-bond acceptors (Lipinski definition) is 7. The summed E-state index contributed by atoms with van der Waals surface area (Å²) in [7, 11) is 3.05. The molecule has 0 unspecified atom stereocenters. The number of methoxy groups -OCH3 is 2. The molecule has 1 aliphatic carbocycles. The highest BCUT2D eigenvalue weighted by Gasteiger charge is 2.36. The number of hydrogen-bond donors (Lipinski definition) is 0. The molecular formula is C24H26O7. The highest BCUT2D eigenvalue weighted by Crippen LogP contribution is 2.46. The molecule has 0 amide bonds. The minimum absolute atomic E-state index is 0.227. The van der Waals surface area contributed by atoms with Crippen LogP contribution in [0.4, 0.5) is 0 Å². The number of cyclic esters (lactones) is 1. The largest absolute Gasteiger partial charge is 0.493 e. The van der Waals surface area contributed by atoms with Gasteiger partial charge in [0, 0.05) is 11.1 Å². The molecule has 2 aliphatic rings. The van der Waals surface area contributed by atoms with E-state index < -0.39 is 11.6 Å². The zero-order valence-corrected chi connectivity index (χ0v) is 18.2. The minimum atomic E-state index is -1.25. The van der Waals surface area contributed by atoms with Crippen LogP contribution in [0.25, 0.3) is 11.1 Å². The van der Waals surface area contributed by atoms with Crippen LogP contribution in [-0.4, -0.2) is 38.4 Å². The molecule has 0 radical (unpaired) electrons. The van der Waals surface area contributed by atoms with Crippen molar-refractivity contribution >= 4 is 11.9 Å². The van der Waals surface area contributed by atoms with Gasteiger partial charge >= 0.3 is 11.9 Å². The first kappa shape index (κ1) is 21.0. The van der Waals surface area contributed by atoms with Crippen LogP contribution in [0.1, 0.15) is 42.6 Å². The van der Waals surface area contributed by atoms with Gasteiger partial charge in [-0.3, -0.25) is 0 Å². The third-order valence-electron chi connectivity index (χ3n) is 5.49. The molecular weight excluding hydrogens is 400 g/mol. The van der Waals surface area contributed by atoms with E-state index in [0.29, 0.717) is 40.9 Å². The first-order valence-corrected chi connectivity index (χ1v) is 10.3. The Morgan fingerprint density at radius 1 is 1.06 bits per heavy atom. The van der Waals surface area contributed by atoms with Gasteiger partial charge in [0.05, 0.1) is 26.4 Å². The zero-order valence-electron chi connectivity index (χ0n) is 18.2. The molecule has 2 aromatic carbocycles. The summed E-state index contributed by atoms with van der Waals surface area (Å²) in [4.78, 5) is 24.5. The quantitative estimate of drug-likeness (QED) is 0.587. The maximum absolute atomic E-state index is 12.7. The van der Waals surface area contributed by atoms with E-state index >= 15 is 0 Å². The summed E-state index contributed by atoms with van der Waals surface area (Å²) in [5, 5.41) is 0. The average molecular weight is 426 g/mol. The Balaban J connectivity index is 1.72. The van der Waals surface area contributed by atoms with Crippen LogP contribution in [0.15, 0.2) is 30.3 Å². The minimum Gasteiger partial charge on any atom is -0.493 e. The molecule has 164 valence electrons. The van der Waals surface area contributed by atoms with Crippen molar-refractivity contribution < 1.29 is 33.3 Å². The Bertz CT molecular complexity index is 1020. The van der Waals surface area contributed by atoms with Crippen LogP contribution in [-0.2, 0) is 20.9 Å². The lowest BCUT2D eigenvalue weighted by molar-refractivity contribution is -0.159. The summed E-state index contributed by atoms with van der Waals surface area (Å²) in [5.74, 6) is 0.894. The Morgan fingerprint density at radius 2 is 1.81 bits per heavy atom. The Hall–Kier alpha value is -3.22. The molecule has 1 heterocycles. The lowest BCUT2D eigenvalue weighted by Crippen LogP contribution is -2.40. The summed E-state index contributed by atoms with van der Waals surface area (Å²) >= 11 is 0. The second-order valence-electron chi connectivity index (χ2n) is 8.28. The Labute approximate surface area is 181 Å². The van der Waals surface area contributed by atoms with Crippen molar-refractivity contribution in [1.29, 1.82) is 0 Å². The standard InChI is InChI=1S/C24H26O7/c1-24(2,23(26)30-12-14-5-6-14)31-20-17(9-10-19(27-3)21(20)28-4)15-7-8-18-16(11-15)13-29-22(18)25/h7-11,14H,5-6,12-13H2,1-4H3. The van der Waals surface area contributed by atoms with Gasteiger partial charge in [0.15, 0.2) is 17.1 Å². The van der Waals surface area contributed by atoms with Crippen LogP contribution in [0.5, 0.6) is 17.2 Å². The average Bonchev–Trinajstić information content (AvgIpc) is 3.52. The van der Waals surface area contributed by atoms with E-state index in [-0.39, 0.29) is 12.6 Å². The van der Waals surface area contributed by atoms with Crippen molar-refractivity contribution in [3.05, 3.63) is 41.5 Å². The maximum atomic E-state index is 12.7. The van der Waals surface area contributed by atoms with E-state index in [0.717, 1.165) is 24.0 Å². The summed E-state index contributed by atoms with van der Waals surface area (Å²) < 4.78 is 27.8. The molecule has 0 atom stereocenters. The number of carbonyl (C=O) groups is 2. The van der Waals surface area contributed by atoms with Gasteiger partial charge < -0.3 is 23.7 Å². The van der Waals surface area contributed by atoms with Gasteiger partial charge in [0.1, 0.15) is 6.61 Å². The van der Waals surface area contributed by atoms with Crippen LogP contribution >= 0.6 is 0 Å². The molecule has 1 aliphatic heterocycles. The highest BCUT2D eigenvalue weighted by atomic mass is 16.6. The van der Waals surface area contributed by atoms with Crippen LogP contribution in [0.2, 0.25) is 0 Å². The van der Waals surface area contributed by atoms with E-state index in [4.69, 9.17) is 23.7 Å². The SMILES string of the molecule is COc1ccc(-c2ccc3c(c2)COC3=O)c(OC(C)(C)C(=O)OCC2CC2)c1OC. The van der Waals surface area contributed by atoms with Gasteiger partial charge in [-0.25, -0.2) is 9.59 Å². The molecule has 4 rings (SSSR count). The van der Waals surface area contributed by atoms with E-state index in [9.17, 15) is 9.59 Å². The van der Waals surface area contributed by atoms with Crippen molar-refractivity contribution in [3.63, 3.8) is 0 Å². The van der Waals surface area contributed by atoms with Gasteiger partial charge in [-0.1, -0.05) is 6.07 Å². The highest BCUT2D eigenvalue weighted by molar-refractivity contribution is 5.94. The van der Waals surface area contributed by atoms with E-state index in [2.05, 4.69) is 0 Å². The number of ether oxygens (including phenoxy) is 5. The fraction of sp³-hybridized carbons (Fsp3) is 0.417. The summed E-state index contributed by atoms with van der Waals surface area (Å²) in [6.45, 7) is 3.97. The van der Waals surface area contributed by atoms with E-state index in [1.165, 1.54) is 14.2 Å². The monoisotopic (exact) mass is 426 g/mol. The van der Waals surface area contributed by atoms with Crippen molar-refractivity contribution in [1.82, 2.24) is 0 Å². The number of rotatable bonds is 8. The number of fused-ring (bicyclic) bond motifs is 1. The zero-order chi connectivity index (χ0) is 22.2. The third-order valence-corrected chi connectivity index (χ3v) is 5.49. The van der Waals surface area contributed by atoms with E-state index in [1.807, 2.05) is 18.2 Å². The van der Waals surface area contributed by atoms with Gasteiger partial charge in [-0.05, 0) is 62.4 Å². The summed E-state index contributed by atoms with van der Waals surface area (Å²) in [5.41, 5.74) is 1.60. The number of carbonyl (C=O) groups excluding carboxylic acids is 2. The van der Waals surface area contributed by atoms with Crippen molar-refractivity contribution in [2.75, 3.05) is 20.8 Å². The molecule has 1 saturated carbocycles. The van der Waals surface area contributed by atoms with Crippen LogP contribution < -0.4 is 14.2 Å². The molecule has 1 fully saturated rings. The van der Waals surface area contributed by atoms with Crippen LogP contribution in [0, 0.1) is 5.92 Å². The molecule has 0 bridgehead atoms. The number of benzene rings is 2. The Morgan fingerprint density at radius 3 is 2.48 bits per heavy atom. The van der Waals surface area contributed by atoms with Gasteiger partial charge in [0.2, 0.25) is 5.75 Å². The van der Waals surface area contributed by atoms with Crippen molar-refractivity contribution in [3.8, 4) is 28.4 Å². The van der Waals surface area contributed by atoms with Gasteiger partial charge in [0.25, 0.3) is 0 Å². The maximum Gasteiger partial charge on any atom is 0.349 e. The molecule has 0 saturated heterocycles. The topological polar surface area (TPSA) is 80.3 Å². The number of esters is 2. The lowest BCUT2D eigenvalue weighted by Gasteiger charge is -2.27. The fourth-order valence-electron chi connectivity index (χ4n) is 3.48. The van der Waals surface area contributed by atoms with Gasteiger partial charge in [-0.2, -0.15) is 0 Å². The lowest BCUT2D eigenvalue weighted by atomic mass is 9.98. The Kier molecular flexibility index (Phi) is 5.52. The fourth-order valence-corrected chi connectivity index (χ4v) is 3.48. The normalized spacial score (nSPS) is 15.2. The second kappa shape index (κ2) is 8.13. The van der Waals surface area contributed by atoms with E-state index in [1.54, 1.807) is 26.0 Å². The summed E-state index contributed by atoms with van der Waals surface area (Å²) in [6, 6.07) is 9.04. The van der Waals surface area contributed by atoms with Gasteiger partial charge in [-0.15, -0.1) is 0 Å². The molecule has 0 spiro atoms. The smallest absolute Gasteiger partial charge is 0.349 e. The van der Waals surface area contributed by atoms with Crippen molar-refractivity contribution in [2.24, 2.45) is 5.92 Å².